The van der Waals surface area contributed by atoms with Gasteiger partial charge in [-0.1, -0.05) is 24.3 Å². The van der Waals surface area contributed by atoms with Crippen LogP contribution in [0.5, 0.6) is 5.75 Å². The summed E-state index contributed by atoms with van der Waals surface area (Å²) in [6, 6.07) is 13.1. The van der Waals surface area contributed by atoms with Gasteiger partial charge >= 0.3 is 5.97 Å². The lowest BCUT2D eigenvalue weighted by atomic mass is 10.1. The number of rotatable bonds is 8. The maximum atomic E-state index is 12.4. The lowest BCUT2D eigenvalue weighted by Crippen LogP contribution is -2.40. The predicted octanol–water partition coefficient (Wildman–Crippen LogP) is 3.80. The van der Waals surface area contributed by atoms with Crippen molar-refractivity contribution in [1.29, 1.82) is 0 Å². The van der Waals surface area contributed by atoms with Crippen LogP contribution in [0, 0.1) is 13.8 Å². The first-order valence-corrected chi connectivity index (χ1v) is 11.7. The number of esters is 1. The molecule has 0 saturated carbocycles. The third kappa shape index (κ3) is 5.79. The first-order chi connectivity index (χ1) is 16.4. The maximum absolute atomic E-state index is 12.4. The van der Waals surface area contributed by atoms with E-state index in [0.29, 0.717) is 22.1 Å². The average Bonchev–Trinajstić information content (AvgIpc) is 3.26. The topological polar surface area (TPSA) is 97.8 Å². The Labute approximate surface area is 201 Å². The summed E-state index contributed by atoms with van der Waals surface area (Å²) in [5.74, 6) is -0.164. The Morgan fingerprint density at radius 2 is 2.03 bits per heavy atom. The number of hydrogen-bond acceptors (Lipinski definition) is 7. The first-order valence-electron chi connectivity index (χ1n) is 10.9. The maximum Gasteiger partial charge on any atom is 0.307 e. The highest BCUT2D eigenvalue weighted by Gasteiger charge is 2.25. The van der Waals surface area contributed by atoms with E-state index in [0.717, 1.165) is 16.8 Å². The molecule has 4 rings (SSSR count). The van der Waals surface area contributed by atoms with E-state index < -0.39 is 5.97 Å². The SMILES string of the molecule is Cc1ccc(C)c(NC(=O)Cc2nc(COC(=O)CCN3C(=O)COc4ccccc43)cs2)c1. The molecule has 0 unspecified atom stereocenters. The summed E-state index contributed by atoms with van der Waals surface area (Å²) in [6.45, 7) is 4.09. The Morgan fingerprint density at radius 1 is 1.21 bits per heavy atom. The van der Waals surface area contributed by atoms with Crippen molar-refractivity contribution in [3.63, 3.8) is 0 Å². The molecular weight excluding hydrogens is 454 g/mol. The normalized spacial score (nSPS) is 12.6. The molecular formula is C25H25N3O5S. The van der Waals surface area contributed by atoms with Crippen molar-refractivity contribution in [2.75, 3.05) is 23.4 Å². The number of para-hydroxylation sites is 2. The van der Waals surface area contributed by atoms with E-state index in [1.165, 1.54) is 16.2 Å². The number of carbonyl (C=O) groups excluding carboxylic acids is 3. The number of aryl methyl sites for hydroxylation is 2. The molecule has 0 aliphatic carbocycles. The molecule has 2 heterocycles. The van der Waals surface area contributed by atoms with Crippen LogP contribution in [0.2, 0.25) is 0 Å². The monoisotopic (exact) mass is 479 g/mol. The molecule has 2 aromatic carbocycles. The van der Waals surface area contributed by atoms with Gasteiger partial charge in [0.1, 0.15) is 17.4 Å². The standard InChI is InChI=1S/C25H25N3O5S/c1-16-7-8-17(2)19(11-16)27-22(29)12-23-26-18(15-34-23)13-33-25(31)9-10-28-20-5-3-4-6-21(20)32-14-24(28)30/h3-8,11,15H,9-10,12-14H2,1-2H3,(H,27,29). The van der Waals surface area contributed by atoms with E-state index in [9.17, 15) is 14.4 Å². The summed E-state index contributed by atoms with van der Waals surface area (Å²) in [6.07, 6.45) is 0.194. The van der Waals surface area contributed by atoms with Crippen LogP contribution in [0.3, 0.4) is 0 Å². The molecule has 1 aromatic heterocycles. The minimum Gasteiger partial charge on any atom is -0.482 e. The fraction of sp³-hybridized carbons (Fsp3) is 0.280. The number of carbonyl (C=O) groups is 3. The summed E-state index contributed by atoms with van der Waals surface area (Å²) in [7, 11) is 0. The number of benzene rings is 2. The number of amides is 2. The zero-order valence-corrected chi connectivity index (χ0v) is 19.8. The van der Waals surface area contributed by atoms with Crippen LogP contribution in [0.15, 0.2) is 47.8 Å². The van der Waals surface area contributed by atoms with Gasteiger partial charge in [-0.05, 0) is 43.2 Å². The molecule has 2 amide bonds. The average molecular weight is 480 g/mol. The Kier molecular flexibility index (Phi) is 7.22. The predicted molar refractivity (Wildman–Crippen MR) is 129 cm³/mol. The molecule has 0 spiro atoms. The van der Waals surface area contributed by atoms with Gasteiger partial charge in [0.05, 0.1) is 24.2 Å². The van der Waals surface area contributed by atoms with Crippen molar-refractivity contribution in [3.8, 4) is 5.75 Å². The van der Waals surface area contributed by atoms with Crippen molar-refractivity contribution in [1.82, 2.24) is 4.98 Å². The molecule has 1 aliphatic heterocycles. The summed E-state index contributed by atoms with van der Waals surface area (Å²) in [4.78, 5) is 42.8. The molecule has 34 heavy (non-hydrogen) atoms. The molecule has 0 radical (unpaired) electrons. The largest absolute Gasteiger partial charge is 0.482 e. The quantitative estimate of drug-likeness (QED) is 0.494. The Balaban J connectivity index is 1.24. The summed E-state index contributed by atoms with van der Waals surface area (Å²) < 4.78 is 10.7. The Morgan fingerprint density at radius 3 is 2.88 bits per heavy atom. The molecule has 0 bridgehead atoms. The fourth-order valence-electron chi connectivity index (χ4n) is 3.53. The zero-order valence-electron chi connectivity index (χ0n) is 19.0. The molecule has 8 nitrogen and oxygen atoms in total. The number of anilines is 2. The highest BCUT2D eigenvalue weighted by molar-refractivity contribution is 7.09. The number of aromatic nitrogens is 1. The van der Waals surface area contributed by atoms with Crippen LogP contribution in [-0.4, -0.2) is 35.9 Å². The van der Waals surface area contributed by atoms with Crippen LogP contribution < -0.4 is 15.0 Å². The lowest BCUT2D eigenvalue weighted by molar-refractivity contribution is -0.144. The fourth-order valence-corrected chi connectivity index (χ4v) is 4.30. The van der Waals surface area contributed by atoms with Crippen molar-refractivity contribution in [2.45, 2.75) is 33.3 Å². The van der Waals surface area contributed by atoms with E-state index in [-0.39, 0.29) is 44.4 Å². The van der Waals surface area contributed by atoms with Gasteiger partial charge in [-0.2, -0.15) is 0 Å². The first kappa shape index (κ1) is 23.4. The van der Waals surface area contributed by atoms with Crippen LogP contribution in [0.25, 0.3) is 0 Å². The van der Waals surface area contributed by atoms with E-state index in [4.69, 9.17) is 9.47 Å². The molecule has 0 saturated heterocycles. The highest BCUT2D eigenvalue weighted by Crippen LogP contribution is 2.31. The minimum atomic E-state index is -0.431. The van der Waals surface area contributed by atoms with Gasteiger partial charge in [-0.15, -0.1) is 11.3 Å². The van der Waals surface area contributed by atoms with Crippen LogP contribution >= 0.6 is 11.3 Å². The van der Waals surface area contributed by atoms with Gasteiger partial charge in [-0.25, -0.2) is 4.98 Å². The molecule has 176 valence electrons. The molecule has 0 fully saturated rings. The number of ether oxygens (including phenoxy) is 2. The van der Waals surface area contributed by atoms with Crippen molar-refractivity contribution >= 4 is 40.5 Å². The van der Waals surface area contributed by atoms with Gasteiger partial charge in [0, 0.05) is 17.6 Å². The smallest absolute Gasteiger partial charge is 0.307 e. The van der Waals surface area contributed by atoms with Gasteiger partial charge in [-0.3, -0.25) is 14.4 Å². The zero-order chi connectivity index (χ0) is 24.1. The second-order valence-electron chi connectivity index (χ2n) is 7.99. The van der Waals surface area contributed by atoms with E-state index in [1.807, 2.05) is 44.2 Å². The minimum absolute atomic E-state index is 0.0155. The van der Waals surface area contributed by atoms with Crippen molar-refractivity contribution < 1.29 is 23.9 Å². The molecule has 9 heteroatoms. The number of nitrogens with one attached hydrogen (secondary N) is 1. The highest BCUT2D eigenvalue weighted by atomic mass is 32.1. The van der Waals surface area contributed by atoms with Crippen LogP contribution in [-0.2, 0) is 32.1 Å². The number of hydrogen-bond donors (Lipinski definition) is 1. The van der Waals surface area contributed by atoms with Crippen LogP contribution in [0.4, 0.5) is 11.4 Å². The number of fused-ring (bicyclic) bond motifs is 1. The second-order valence-corrected chi connectivity index (χ2v) is 8.93. The molecule has 3 aromatic rings. The van der Waals surface area contributed by atoms with E-state index >= 15 is 0 Å². The van der Waals surface area contributed by atoms with Crippen molar-refractivity contribution in [3.05, 3.63) is 69.7 Å². The number of nitrogens with zero attached hydrogens (tertiary/aromatic N) is 2. The summed E-state index contributed by atoms with van der Waals surface area (Å²) in [5.41, 5.74) is 4.09. The summed E-state index contributed by atoms with van der Waals surface area (Å²) in [5, 5.41) is 5.34. The molecule has 1 aliphatic rings. The van der Waals surface area contributed by atoms with E-state index in [2.05, 4.69) is 10.3 Å². The Hall–Kier alpha value is -3.72. The third-order valence-electron chi connectivity index (χ3n) is 5.31. The van der Waals surface area contributed by atoms with Crippen molar-refractivity contribution in [2.24, 2.45) is 0 Å². The van der Waals surface area contributed by atoms with Gasteiger partial charge < -0.3 is 19.7 Å². The van der Waals surface area contributed by atoms with Crippen LogP contribution in [0.1, 0.15) is 28.2 Å². The summed E-state index contributed by atoms with van der Waals surface area (Å²) >= 11 is 1.35. The third-order valence-corrected chi connectivity index (χ3v) is 6.20. The van der Waals surface area contributed by atoms with Gasteiger partial charge in [0.2, 0.25) is 5.91 Å². The number of thiazole rings is 1. The van der Waals surface area contributed by atoms with Gasteiger partial charge in [0.15, 0.2) is 6.61 Å². The van der Waals surface area contributed by atoms with Gasteiger partial charge in [0.25, 0.3) is 5.91 Å². The Bertz CT molecular complexity index is 1220. The van der Waals surface area contributed by atoms with E-state index in [1.54, 1.807) is 17.5 Å². The molecule has 1 N–H and O–H groups in total. The molecule has 0 atom stereocenters. The lowest BCUT2D eigenvalue weighted by Gasteiger charge is -2.28. The second kappa shape index (κ2) is 10.5.